The van der Waals surface area contributed by atoms with E-state index in [4.69, 9.17) is 37.0 Å². The van der Waals surface area contributed by atoms with Crippen molar-refractivity contribution in [2.45, 2.75) is 57.9 Å². The average Bonchev–Trinajstić information content (AvgIpc) is 3.22. The van der Waals surface area contributed by atoms with Crippen molar-refractivity contribution in [2.75, 3.05) is 0 Å². The number of halogens is 3. The lowest BCUT2D eigenvalue weighted by atomic mass is 10.5. The zero-order chi connectivity index (χ0) is 50.4. The minimum Gasteiger partial charge on any atom is -0.441 e. The van der Waals surface area contributed by atoms with Crippen molar-refractivity contribution in [1.82, 2.24) is 0 Å². The lowest BCUT2D eigenvalue weighted by molar-refractivity contribution is -0.131. The van der Waals surface area contributed by atoms with Gasteiger partial charge in [-0.3, -0.25) is 0 Å². The Hall–Kier alpha value is 4.39. The zero-order valence-electron chi connectivity index (χ0n) is 36.4. The van der Waals surface area contributed by atoms with Gasteiger partial charge in [0.1, 0.15) is 0 Å². The van der Waals surface area contributed by atoms with Crippen LogP contribution in [0.5, 0.6) is 0 Å². The van der Waals surface area contributed by atoms with E-state index in [1.807, 2.05) is 0 Å². The summed E-state index contributed by atoms with van der Waals surface area (Å²) in [6.07, 6.45) is -6.72. The first-order valence-electron chi connectivity index (χ1n) is 19.1. The Labute approximate surface area is 410 Å². The summed E-state index contributed by atoms with van der Waals surface area (Å²) in [7, 11) is -77.1. The molecule has 17 N–H and O–H groups in total. The third kappa shape index (κ3) is 14.6. The summed E-state index contributed by atoms with van der Waals surface area (Å²) in [6, 6.07) is -1.22. The molecule has 64 heavy (non-hydrogen) atoms. The minimum absolute atomic E-state index is 0.903. The molecular formula is C9H69F3O26Si26. The molecule has 0 saturated heterocycles. The fourth-order valence-electron chi connectivity index (χ4n) is 7.50. The molecule has 0 aromatic heterocycles. The quantitative estimate of drug-likeness (QED) is 0.0259. The van der Waals surface area contributed by atoms with Crippen molar-refractivity contribution in [3.05, 3.63) is 0 Å². The monoisotopic (exact) mass is 1380 g/mol. The molecule has 0 spiro atoms. The zero-order valence-corrected chi connectivity index (χ0v) is 68.6. The number of hydrogen-bond acceptors (Lipinski definition) is 26. The molecule has 0 aromatic rings. The van der Waals surface area contributed by atoms with Gasteiger partial charge in [0.05, 0.1) is 0 Å². The Morgan fingerprint density at radius 1 is 0.453 bits per heavy atom. The lowest BCUT2D eigenvalue weighted by Crippen LogP contribution is -3.09. The SMILES string of the molecule is C[Si](C)(C)O[Si](C)(C)O[Si](O[Si](O[SiH2]O)([SiH2]O)[SiH2]O)([Si](O[SiH2]O)([SiH2]O)[Si](O)([SiH2]O)[SiH2]O)[Si](O[Si](O[SiH2]O)([SiH2]O)[Si](C)(O)CCC(F)(F)F)([Si](O[SiH2]O)([SiH2]O)[SiH2]O)[Si](O[SiH2]O)([SiH2]O)[SiH2]O. The molecule has 0 radical (unpaired) electrons. The molecule has 0 aromatic carbocycles. The molecule has 0 bridgehead atoms. The highest BCUT2D eigenvalue weighted by Gasteiger charge is 2.94. The van der Waals surface area contributed by atoms with Crippen LogP contribution in [0.2, 0.25) is 45.3 Å². The Bertz CT molecular complexity index is 1330. The fraction of sp³-hybridized carbons (Fsp3) is 1.00. The van der Waals surface area contributed by atoms with Crippen LogP contribution in [0.25, 0.3) is 0 Å². The first-order chi connectivity index (χ1) is 29.4. The molecule has 386 valence electrons. The van der Waals surface area contributed by atoms with Crippen LogP contribution in [0.1, 0.15) is 6.42 Å². The molecule has 0 aliphatic heterocycles. The third-order valence-corrected chi connectivity index (χ3v) is 282. The average molecular weight is 1380 g/mol. The second-order valence-corrected chi connectivity index (χ2v) is 163. The van der Waals surface area contributed by atoms with Gasteiger partial charge in [-0.2, -0.15) is 13.2 Å². The number of alkyl halides is 3. The first-order valence-corrected chi connectivity index (χ1v) is 84.7. The van der Waals surface area contributed by atoms with Gasteiger partial charge < -0.3 is 119 Å². The molecule has 0 rings (SSSR count). The molecule has 0 heterocycles. The summed E-state index contributed by atoms with van der Waals surface area (Å²) < 4.78 is 102. The number of rotatable bonds is 36. The van der Waals surface area contributed by atoms with E-state index in [1.165, 1.54) is 13.1 Å². The summed E-state index contributed by atoms with van der Waals surface area (Å²) in [4.78, 5) is 198. The summed E-state index contributed by atoms with van der Waals surface area (Å²) in [6.45, 7) is -19.3. The van der Waals surface area contributed by atoms with E-state index in [-0.39, 0.29) is 0 Å². The summed E-state index contributed by atoms with van der Waals surface area (Å²) in [5.74, 6) is 0. The van der Waals surface area contributed by atoms with Gasteiger partial charge in [-0.25, -0.2) is 0 Å². The normalized spacial score (nSPS) is 24.7. The van der Waals surface area contributed by atoms with Gasteiger partial charge in [-0.15, -0.1) is 0 Å². The molecule has 0 aliphatic carbocycles. The van der Waals surface area contributed by atoms with Crippen LogP contribution in [-0.2, 0) is 37.0 Å². The highest BCUT2D eigenvalue weighted by Crippen LogP contribution is 2.49. The van der Waals surface area contributed by atoms with Gasteiger partial charge in [0.2, 0.25) is 56.3 Å². The summed E-state index contributed by atoms with van der Waals surface area (Å²) >= 11 is 0. The fourth-order valence-corrected chi connectivity index (χ4v) is 451. The topological polar surface area (TPSA) is 427 Å². The van der Waals surface area contributed by atoms with Crippen LogP contribution in [0.4, 0.5) is 13.2 Å². The van der Waals surface area contributed by atoms with Crippen molar-refractivity contribution in [1.29, 1.82) is 0 Å². The van der Waals surface area contributed by atoms with Crippen molar-refractivity contribution in [3.8, 4) is 0 Å². The van der Waals surface area contributed by atoms with Gasteiger partial charge in [-0.05, 0) is 45.3 Å². The first kappa shape index (κ1) is 68.4. The highest BCUT2D eigenvalue weighted by atomic mass is 30.4. The molecule has 4 unspecified atom stereocenters. The van der Waals surface area contributed by atoms with E-state index in [0.29, 0.717) is 0 Å². The van der Waals surface area contributed by atoms with Crippen LogP contribution in [-0.4, -0.2) is 312 Å². The predicted octanol–water partition coefficient (Wildman–Crippen LogP) is -22.6. The van der Waals surface area contributed by atoms with Gasteiger partial charge in [0.25, 0.3) is 63.8 Å². The Balaban J connectivity index is 11.2. The van der Waals surface area contributed by atoms with Crippen molar-refractivity contribution >= 4 is 225 Å². The Kier molecular flexibility index (Phi) is 30.3. The van der Waals surface area contributed by atoms with Crippen LogP contribution in [0.15, 0.2) is 0 Å². The van der Waals surface area contributed by atoms with E-state index >= 15 is 0 Å². The number of hydrogen-bond donors (Lipinski definition) is 17. The summed E-state index contributed by atoms with van der Waals surface area (Å²) in [5.41, 5.74) is 0. The van der Waals surface area contributed by atoms with Crippen LogP contribution < -0.4 is 0 Å². The molecule has 55 heteroatoms. The van der Waals surface area contributed by atoms with Crippen molar-refractivity contribution in [3.63, 3.8) is 0 Å². The smallest absolute Gasteiger partial charge is 0.388 e. The predicted molar refractivity (Wildman–Crippen MR) is 290 cm³/mol. The second-order valence-electron chi connectivity index (χ2n) is 16.1. The molecule has 26 nitrogen and oxygen atoms in total. The van der Waals surface area contributed by atoms with E-state index in [9.17, 15) is 94.7 Å². The van der Waals surface area contributed by atoms with Crippen molar-refractivity contribution < 1.29 is 132 Å². The van der Waals surface area contributed by atoms with Gasteiger partial charge in [0, 0.05) is 6.42 Å². The Morgan fingerprint density at radius 2 is 0.875 bits per heavy atom. The highest BCUT2D eigenvalue weighted by molar-refractivity contribution is 8.19. The van der Waals surface area contributed by atoms with Crippen LogP contribution in [0.3, 0.4) is 0 Å². The molecule has 0 amide bonds. The van der Waals surface area contributed by atoms with Gasteiger partial charge >= 0.3 is 37.5 Å². The minimum atomic E-state index is -6.41. The molecule has 0 fully saturated rings. The van der Waals surface area contributed by atoms with Crippen LogP contribution in [0, 0.1) is 0 Å². The maximum atomic E-state index is 14.1. The van der Waals surface area contributed by atoms with Gasteiger partial charge in [-0.1, -0.05) is 0 Å². The lowest BCUT2D eigenvalue weighted by Gasteiger charge is -2.67. The van der Waals surface area contributed by atoms with E-state index < -0.39 is 243 Å². The largest absolute Gasteiger partial charge is 0.441 e. The van der Waals surface area contributed by atoms with Gasteiger partial charge in [0.15, 0.2) is 73.3 Å². The second kappa shape index (κ2) is 28.3. The molecule has 4 atom stereocenters. The van der Waals surface area contributed by atoms with Crippen molar-refractivity contribution in [2.24, 2.45) is 0 Å². The third-order valence-electron chi connectivity index (χ3n) is 10.4. The Morgan fingerprint density at radius 3 is 1.17 bits per heavy atom. The maximum absolute atomic E-state index is 14.1. The standard InChI is InChI=1S/C9H69F3O26Si26/c1-54(2,3)35-55(4,5)36-60(37-58(46-20,47-21)30-39-13,63(53-27,34-43-17)57(29,44-18)45-19)64(61(49-23,50-24)32-41-15,62(51-25,52-26)33-42-16)38-59(48-22,31-40-14)56(6,28)8-7-9(10,11)12/h13-29H,7-8,39-53H2,1-6H3. The molecule has 0 saturated carbocycles. The van der Waals surface area contributed by atoms with Crippen LogP contribution >= 0.6 is 0 Å². The maximum Gasteiger partial charge on any atom is 0.388 e. The molecular weight excluding hydrogens is 1310 g/mol. The van der Waals surface area contributed by atoms with E-state index in [1.54, 1.807) is 19.6 Å². The van der Waals surface area contributed by atoms with E-state index in [0.717, 1.165) is 6.55 Å². The van der Waals surface area contributed by atoms with E-state index in [2.05, 4.69) is 0 Å². The summed E-state index contributed by atoms with van der Waals surface area (Å²) in [5, 5.41) is 0. The molecule has 0 aliphatic rings.